The molecule has 18 heavy (non-hydrogen) atoms. The smallest absolute Gasteiger partial charge is 0.317 e. The summed E-state index contributed by atoms with van der Waals surface area (Å²) in [4.78, 5) is 21.0. The number of aromatic nitrogens is 2. The third kappa shape index (κ3) is 3.90. The average Bonchev–Trinajstić information content (AvgIpc) is 2.82. The fourth-order valence-corrected chi connectivity index (χ4v) is 2.26. The van der Waals surface area contributed by atoms with E-state index in [1.807, 2.05) is 28.5 Å². The van der Waals surface area contributed by atoms with Gasteiger partial charge in [0.15, 0.2) is 0 Å². The van der Waals surface area contributed by atoms with Gasteiger partial charge in [-0.1, -0.05) is 6.07 Å². The maximum absolute atomic E-state index is 10.8. The number of pyridine rings is 1. The van der Waals surface area contributed by atoms with Crippen molar-refractivity contribution in [1.82, 2.24) is 14.9 Å². The number of carboxylic acid groups (broad SMARTS) is 1. The quantitative estimate of drug-likeness (QED) is 0.858. The van der Waals surface area contributed by atoms with Crippen LogP contribution in [0.4, 0.5) is 0 Å². The zero-order chi connectivity index (χ0) is 12.8. The van der Waals surface area contributed by atoms with Gasteiger partial charge in [0.1, 0.15) is 5.01 Å². The molecule has 94 valence electrons. The molecule has 1 N–H and O–H groups in total. The first-order valence-electron chi connectivity index (χ1n) is 5.46. The molecule has 5 nitrogen and oxygen atoms in total. The molecule has 0 spiro atoms. The van der Waals surface area contributed by atoms with Gasteiger partial charge in [0.05, 0.1) is 18.8 Å². The Balaban J connectivity index is 2.03. The van der Waals surface area contributed by atoms with Crippen molar-refractivity contribution >= 4 is 17.3 Å². The van der Waals surface area contributed by atoms with Gasteiger partial charge in [-0.3, -0.25) is 14.7 Å². The first kappa shape index (κ1) is 12.7. The van der Waals surface area contributed by atoms with Crippen LogP contribution in [0.3, 0.4) is 0 Å². The van der Waals surface area contributed by atoms with E-state index >= 15 is 0 Å². The molecule has 0 aliphatic heterocycles. The standard InChI is InChI=1S/C12H13N3O2S/c16-12(17)9-15(8-11-14-5-6-18-11)7-10-3-1-2-4-13-10/h1-6H,7-9H2,(H,16,17). The van der Waals surface area contributed by atoms with Gasteiger partial charge in [0, 0.05) is 24.3 Å². The lowest BCUT2D eigenvalue weighted by atomic mass is 10.3. The van der Waals surface area contributed by atoms with Gasteiger partial charge in [0.2, 0.25) is 0 Å². The molecular weight excluding hydrogens is 250 g/mol. The number of aliphatic carboxylic acids is 1. The molecule has 0 aliphatic rings. The van der Waals surface area contributed by atoms with E-state index in [9.17, 15) is 4.79 Å². The Morgan fingerprint density at radius 3 is 2.78 bits per heavy atom. The molecule has 6 heteroatoms. The first-order valence-corrected chi connectivity index (χ1v) is 6.34. The van der Waals surface area contributed by atoms with Crippen LogP contribution in [0, 0.1) is 0 Å². The van der Waals surface area contributed by atoms with Gasteiger partial charge in [-0.05, 0) is 12.1 Å². The molecule has 0 aliphatic carbocycles. The molecule has 2 aromatic rings. The van der Waals surface area contributed by atoms with Gasteiger partial charge >= 0.3 is 5.97 Å². The van der Waals surface area contributed by atoms with Crippen LogP contribution in [0.25, 0.3) is 0 Å². The number of carboxylic acids is 1. The summed E-state index contributed by atoms with van der Waals surface area (Å²) < 4.78 is 0. The highest BCUT2D eigenvalue weighted by Crippen LogP contribution is 2.10. The highest BCUT2D eigenvalue weighted by Gasteiger charge is 2.12. The highest BCUT2D eigenvalue weighted by atomic mass is 32.1. The zero-order valence-electron chi connectivity index (χ0n) is 9.69. The van der Waals surface area contributed by atoms with Gasteiger partial charge in [0.25, 0.3) is 0 Å². The van der Waals surface area contributed by atoms with Crippen molar-refractivity contribution in [2.24, 2.45) is 0 Å². The summed E-state index contributed by atoms with van der Waals surface area (Å²) in [6.45, 7) is 1.02. The normalized spacial score (nSPS) is 10.7. The van der Waals surface area contributed by atoms with E-state index in [1.54, 1.807) is 12.4 Å². The number of nitrogens with zero attached hydrogens (tertiary/aromatic N) is 3. The van der Waals surface area contributed by atoms with Gasteiger partial charge in [-0.15, -0.1) is 11.3 Å². The minimum Gasteiger partial charge on any atom is -0.480 e. The van der Waals surface area contributed by atoms with E-state index < -0.39 is 5.97 Å². The Morgan fingerprint density at radius 2 is 2.17 bits per heavy atom. The molecule has 0 radical (unpaired) electrons. The monoisotopic (exact) mass is 263 g/mol. The first-order chi connectivity index (χ1) is 8.74. The van der Waals surface area contributed by atoms with Crippen LogP contribution in [0.15, 0.2) is 36.0 Å². The Morgan fingerprint density at radius 1 is 1.28 bits per heavy atom. The molecule has 0 saturated heterocycles. The summed E-state index contributed by atoms with van der Waals surface area (Å²) in [7, 11) is 0. The molecule has 0 aromatic carbocycles. The lowest BCUT2D eigenvalue weighted by Gasteiger charge is -2.18. The van der Waals surface area contributed by atoms with Crippen LogP contribution in [-0.4, -0.2) is 32.5 Å². The molecular formula is C12H13N3O2S. The summed E-state index contributed by atoms with van der Waals surface area (Å²) in [6, 6.07) is 5.62. The van der Waals surface area contributed by atoms with Crippen molar-refractivity contribution in [3.8, 4) is 0 Å². The van der Waals surface area contributed by atoms with E-state index in [0.29, 0.717) is 13.1 Å². The molecule has 2 aromatic heterocycles. The summed E-state index contributed by atoms with van der Waals surface area (Å²) in [5.74, 6) is -0.845. The van der Waals surface area contributed by atoms with Crippen molar-refractivity contribution in [2.75, 3.05) is 6.54 Å². The predicted molar refractivity (Wildman–Crippen MR) is 68.1 cm³/mol. The van der Waals surface area contributed by atoms with Gasteiger partial charge in [-0.25, -0.2) is 4.98 Å². The largest absolute Gasteiger partial charge is 0.480 e. The van der Waals surface area contributed by atoms with Gasteiger partial charge < -0.3 is 5.11 Å². The average molecular weight is 263 g/mol. The lowest BCUT2D eigenvalue weighted by Crippen LogP contribution is -2.29. The van der Waals surface area contributed by atoms with E-state index in [1.165, 1.54) is 11.3 Å². The van der Waals surface area contributed by atoms with E-state index in [2.05, 4.69) is 9.97 Å². The summed E-state index contributed by atoms with van der Waals surface area (Å²) in [5.41, 5.74) is 0.857. The number of rotatable bonds is 6. The molecule has 2 heterocycles. The predicted octanol–water partition coefficient (Wildman–Crippen LogP) is 1.62. The van der Waals surface area contributed by atoms with Crippen LogP contribution in [0.5, 0.6) is 0 Å². The third-order valence-corrected chi connectivity index (χ3v) is 3.08. The van der Waals surface area contributed by atoms with Crippen molar-refractivity contribution in [1.29, 1.82) is 0 Å². The number of hydrogen-bond donors (Lipinski definition) is 1. The second-order valence-electron chi connectivity index (χ2n) is 3.79. The third-order valence-electron chi connectivity index (χ3n) is 2.31. The van der Waals surface area contributed by atoms with Crippen LogP contribution < -0.4 is 0 Å². The van der Waals surface area contributed by atoms with Gasteiger partial charge in [-0.2, -0.15) is 0 Å². The topological polar surface area (TPSA) is 66.3 Å². The molecule has 0 saturated carbocycles. The molecule has 0 bridgehead atoms. The van der Waals surface area contributed by atoms with Crippen molar-refractivity contribution in [3.05, 3.63) is 46.7 Å². The van der Waals surface area contributed by atoms with Crippen LogP contribution >= 0.6 is 11.3 Å². The second kappa shape index (κ2) is 6.23. The van der Waals surface area contributed by atoms with E-state index in [4.69, 9.17) is 5.11 Å². The Bertz CT molecular complexity index is 487. The molecule has 0 atom stereocenters. The van der Waals surface area contributed by atoms with Crippen LogP contribution in [0.2, 0.25) is 0 Å². The van der Waals surface area contributed by atoms with Crippen LogP contribution in [0.1, 0.15) is 10.7 Å². The molecule has 0 amide bonds. The van der Waals surface area contributed by atoms with Crippen LogP contribution in [-0.2, 0) is 17.9 Å². The summed E-state index contributed by atoms with van der Waals surface area (Å²) >= 11 is 1.52. The lowest BCUT2D eigenvalue weighted by molar-refractivity contribution is -0.138. The number of hydrogen-bond acceptors (Lipinski definition) is 5. The maximum Gasteiger partial charge on any atom is 0.317 e. The fourth-order valence-electron chi connectivity index (χ4n) is 1.60. The Kier molecular flexibility index (Phi) is 4.38. The Hall–Kier alpha value is -1.79. The minimum absolute atomic E-state index is 0.0177. The second-order valence-corrected chi connectivity index (χ2v) is 4.76. The summed E-state index contributed by atoms with van der Waals surface area (Å²) in [6.07, 6.45) is 3.43. The van der Waals surface area contributed by atoms with Crippen molar-refractivity contribution in [2.45, 2.75) is 13.1 Å². The SMILES string of the molecule is O=C(O)CN(Cc1ccccn1)Cc1nccs1. The number of thiazole rings is 1. The van der Waals surface area contributed by atoms with E-state index in [0.717, 1.165) is 10.7 Å². The number of carbonyl (C=O) groups is 1. The molecule has 2 rings (SSSR count). The summed E-state index contributed by atoms with van der Waals surface area (Å²) in [5, 5.41) is 11.7. The maximum atomic E-state index is 10.8. The highest BCUT2D eigenvalue weighted by molar-refractivity contribution is 7.09. The minimum atomic E-state index is -0.845. The van der Waals surface area contributed by atoms with Crippen molar-refractivity contribution < 1.29 is 9.90 Å². The Labute approximate surface area is 109 Å². The van der Waals surface area contributed by atoms with E-state index in [-0.39, 0.29) is 6.54 Å². The van der Waals surface area contributed by atoms with Crippen molar-refractivity contribution in [3.63, 3.8) is 0 Å². The molecule has 0 unspecified atom stereocenters. The zero-order valence-corrected chi connectivity index (χ0v) is 10.5. The fraction of sp³-hybridized carbons (Fsp3) is 0.250. The molecule has 0 fully saturated rings.